The number of methoxy groups -OCH3 is 4. The first kappa shape index (κ1) is 30.3. The van der Waals surface area contributed by atoms with Gasteiger partial charge in [0.2, 0.25) is 0 Å². The summed E-state index contributed by atoms with van der Waals surface area (Å²) in [6, 6.07) is 17.2. The molecule has 0 bridgehead atoms. The number of carbonyl (C=O) groups is 3. The smallest absolute Gasteiger partial charge is 0.329 e. The Labute approximate surface area is 237 Å². The topological polar surface area (TPSA) is 146 Å². The van der Waals surface area contributed by atoms with Crippen molar-refractivity contribution in [2.75, 3.05) is 46.9 Å². The Balaban J connectivity index is 1.45. The van der Waals surface area contributed by atoms with E-state index in [1.807, 2.05) is 6.07 Å². The molecule has 0 aliphatic carbocycles. The van der Waals surface area contributed by atoms with Crippen LogP contribution >= 0.6 is 0 Å². The summed E-state index contributed by atoms with van der Waals surface area (Å²) in [4.78, 5) is 36.4. The highest BCUT2D eigenvalue weighted by Gasteiger charge is 2.13. The number of rotatable bonds is 13. The minimum Gasteiger partial charge on any atom is -0.497 e. The first-order valence-corrected chi connectivity index (χ1v) is 12.4. The number of carbonyl (C=O) groups excluding carboxylic acids is 3. The van der Waals surface area contributed by atoms with Crippen molar-refractivity contribution >= 4 is 29.6 Å². The maximum absolute atomic E-state index is 12.2. The highest BCUT2D eigenvalue weighted by atomic mass is 16.5. The van der Waals surface area contributed by atoms with Gasteiger partial charge in [0.25, 0.3) is 5.91 Å². The molecule has 0 fully saturated rings. The number of ether oxygens (including phenoxy) is 5. The first-order valence-electron chi connectivity index (χ1n) is 12.4. The van der Waals surface area contributed by atoms with E-state index in [9.17, 15) is 14.4 Å². The summed E-state index contributed by atoms with van der Waals surface area (Å²) in [7, 11) is 6.10. The molecule has 3 rings (SSSR count). The van der Waals surface area contributed by atoms with E-state index in [0.717, 1.165) is 5.56 Å². The second-order valence-electron chi connectivity index (χ2n) is 8.37. The second kappa shape index (κ2) is 15.4. The van der Waals surface area contributed by atoms with Gasteiger partial charge in [0.15, 0.2) is 29.6 Å². The van der Waals surface area contributed by atoms with Crippen molar-refractivity contribution in [1.29, 1.82) is 0 Å². The lowest BCUT2D eigenvalue weighted by Gasteiger charge is -2.11. The molecule has 0 radical (unpaired) electrons. The molecule has 0 aliphatic heterocycles. The van der Waals surface area contributed by atoms with Crippen LogP contribution in [0, 0.1) is 0 Å². The fourth-order valence-corrected chi connectivity index (χ4v) is 3.55. The average molecular weight is 565 g/mol. The van der Waals surface area contributed by atoms with Crippen LogP contribution in [0.1, 0.15) is 11.1 Å². The van der Waals surface area contributed by atoms with E-state index in [0.29, 0.717) is 46.4 Å². The van der Waals surface area contributed by atoms with Gasteiger partial charge in [-0.1, -0.05) is 6.07 Å². The van der Waals surface area contributed by atoms with Gasteiger partial charge in [-0.25, -0.2) is 5.43 Å². The van der Waals surface area contributed by atoms with Crippen molar-refractivity contribution in [3.8, 4) is 28.7 Å². The molecule has 3 aromatic carbocycles. The summed E-state index contributed by atoms with van der Waals surface area (Å²) in [5.74, 6) is 0.462. The van der Waals surface area contributed by atoms with Gasteiger partial charge in [-0.2, -0.15) is 5.10 Å². The molecule has 41 heavy (non-hydrogen) atoms. The molecule has 3 amide bonds. The number of nitrogens with one attached hydrogen (secondary N) is 3. The van der Waals surface area contributed by atoms with Gasteiger partial charge in [0.05, 0.1) is 34.7 Å². The standard InChI is InChI=1S/C29H32N4O8/c1-37-22-9-7-21(8-10-22)32-27(34)18-41-24-12-6-20(16-26(24)40-4)17-31-33-29(36)28(35)30-14-13-19-5-11-23(38-2)25(15-19)39-3/h5-12,15-17H,13-14,18H2,1-4H3,(H,30,35)(H,32,34)(H,33,36)/b31-17-. The third-order valence-electron chi connectivity index (χ3n) is 5.65. The van der Waals surface area contributed by atoms with Crippen LogP contribution in [-0.2, 0) is 20.8 Å². The minimum absolute atomic E-state index is 0.238. The SMILES string of the molecule is COc1ccc(NC(=O)COc2ccc(/C=N\NC(=O)C(=O)NCCc3ccc(OC)c(OC)c3)cc2OC)cc1. The third-order valence-corrected chi connectivity index (χ3v) is 5.65. The van der Waals surface area contributed by atoms with Crippen molar-refractivity contribution in [1.82, 2.24) is 10.7 Å². The molecule has 0 saturated heterocycles. The molecule has 0 heterocycles. The largest absolute Gasteiger partial charge is 0.497 e. The van der Waals surface area contributed by atoms with Crippen molar-refractivity contribution in [2.45, 2.75) is 6.42 Å². The molecule has 0 unspecified atom stereocenters. The van der Waals surface area contributed by atoms with Crippen LogP contribution in [0.25, 0.3) is 0 Å². The van der Waals surface area contributed by atoms with Crippen molar-refractivity contribution in [3.05, 3.63) is 71.8 Å². The van der Waals surface area contributed by atoms with Crippen LogP contribution < -0.4 is 39.7 Å². The predicted octanol–water partition coefficient (Wildman–Crippen LogP) is 2.55. The summed E-state index contributed by atoms with van der Waals surface area (Å²) < 4.78 is 26.5. The van der Waals surface area contributed by atoms with Gasteiger partial charge < -0.3 is 34.3 Å². The Morgan fingerprint density at radius 1 is 0.756 bits per heavy atom. The van der Waals surface area contributed by atoms with Gasteiger partial charge in [0, 0.05) is 12.2 Å². The zero-order valence-electron chi connectivity index (χ0n) is 23.2. The highest BCUT2D eigenvalue weighted by Crippen LogP contribution is 2.28. The molecule has 0 spiro atoms. The zero-order valence-corrected chi connectivity index (χ0v) is 23.2. The quantitative estimate of drug-likeness (QED) is 0.163. The van der Waals surface area contributed by atoms with E-state index in [2.05, 4.69) is 21.2 Å². The number of amides is 3. The van der Waals surface area contributed by atoms with Crippen LogP contribution in [0.4, 0.5) is 5.69 Å². The van der Waals surface area contributed by atoms with Crippen molar-refractivity contribution < 1.29 is 38.1 Å². The minimum atomic E-state index is -0.914. The average Bonchev–Trinajstić information content (AvgIpc) is 3.00. The molecule has 0 atom stereocenters. The summed E-state index contributed by atoms with van der Waals surface area (Å²) in [5.41, 5.74) is 4.25. The summed E-state index contributed by atoms with van der Waals surface area (Å²) in [6.07, 6.45) is 1.83. The molecule has 0 aliphatic rings. The molecule has 3 N–H and O–H groups in total. The second-order valence-corrected chi connectivity index (χ2v) is 8.37. The number of anilines is 1. The number of benzene rings is 3. The van der Waals surface area contributed by atoms with Crippen molar-refractivity contribution in [3.63, 3.8) is 0 Å². The zero-order chi connectivity index (χ0) is 29.6. The van der Waals surface area contributed by atoms with E-state index in [4.69, 9.17) is 23.7 Å². The summed E-state index contributed by atoms with van der Waals surface area (Å²) in [5, 5.41) is 9.09. The Bertz CT molecular complexity index is 1380. The number of nitrogens with zero attached hydrogens (tertiary/aromatic N) is 1. The Morgan fingerprint density at radius 3 is 2.12 bits per heavy atom. The summed E-state index contributed by atoms with van der Waals surface area (Å²) >= 11 is 0. The lowest BCUT2D eigenvalue weighted by molar-refractivity contribution is -0.139. The Morgan fingerprint density at radius 2 is 1.44 bits per heavy atom. The third kappa shape index (κ3) is 9.17. The van der Waals surface area contributed by atoms with Gasteiger partial charge in [-0.05, 0) is 72.1 Å². The molecular formula is C29H32N4O8. The van der Waals surface area contributed by atoms with Crippen molar-refractivity contribution in [2.24, 2.45) is 5.10 Å². The Kier molecular flexibility index (Phi) is 11.3. The van der Waals surface area contributed by atoms with Crippen LogP contribution in [0.3, 0.4) is 0 Å². The number of hydrogen-bond acceptors (Lipinski definition) is 9. The summed E-state index contributed by atoms with van der Waals surface area (Å²) in [6.45, 7) is -0.00473. The maximum atomic E-state index is 12.2. The van der Waals surface area contributed by atoms with E-state index < -0.39 is 11.8 Å². The van der Waals surface area contributed by atoms with Gasteiger partial charge in [-0.15, -0.1) is 0 Å². The van der Waals surface area contributed by atoms with Crippen LogP contribution in [-0.4, -0.2) is 65.5 Å². The highest BCUT2D eigenvalue weighted by molar-refractivity contribution is 6.35. The van der Waals surface area contributed by atoms with Crippen LogP contribution in [0.15, 0.2) is 65.8 Å². The van der Waals surface area contributed by atoms with Gasteiger partial charge in [-0.3, -0.25) is 14.4 Å². The number of hydrazone groups is 1. The normalized spacial score (nSPS) is 10.4. The monoisotopic (exact) mass is 564 g/mol. The maximum Gasteiger partial charge on any atom is 0.329 e. The van der Waals surface area contributed by atoms with Gasteiger partial charge >= 0.3 is 11.8 Å². The predicted molar refractivity (Wildman–Crippen MR) is 152 cm³/mol. The molecule has 3 aromatic rings. The van der Waals surface area contributed by atoms with E-state index in [1.165, 1.54) is 13.3 Å². The molecule has 12 heteroatoms. The fraction of sp³-hybridized carbons (Fsp3) is 0.241. The lowest BCUT2D eigenvalue weighted by atomic mass is 10.1. The number of hydrogen-bond donors (Lipinski definition) is 3. The van der Waals surface area contributed by atoms with E-state index in [1.54, 1.807) is 75.9 Å². The molecular weight excluding hydrogens is 532 g/mol. The molecule has 0 saturated carbocycles. The lowest BCUT2D eigenvalue weighted by Crippen LogP contribution is -2.38. The molecule has 12 nitrogen and oxygen atoms in total. The van der Waals surface area contributed by atoms with Crippen LogP contribution in [0.5, 0.6) is 28.7 Å². The van der Waals surface area contributed by atoms with E-state index in [-0.39, 0.29) is 19.1 Å². The van der Waals surface area contributed by atoms with E-state index >= 15 is 0 Å². The first-order chi connectivity index (χ1) is 19.9. The Hall–Kier alpha value is -5.26. The molecule has 0 aromatic heterocycles. The molecule has 216 valence electrons. The fourth-order valence-electron chi connectivity index (χ4n) is 3.55. The van der Waals surface area contributed by atoms with Crippen LogP contribution in [0.2, 0.25) is 0 Å². The van der Waals surface area contributed by atoms with Gasteiger partial charge in [0.1, 0.15) is 5.75 Å².